The number of carboxylic acid groups (broad SMARTS) is 1. The number of urea groups is 1. The third-order valence-corrected chi connectivity index (χ3v) is 5.40. The maximum atomic E-state index is 13.0. The molecule has 2 atom stereocenters. The minimum absolute atomic E-state index is 0.0191. The number of aryl methyl sites for hydroxylation is 1. The van der Waals surface area contributed by atoms with E-state index in [1.807, 2.05) is 32.9 Å². The molecule has 4 amide bonds. The normalized spacial score (nSPS) is 17.2. The van der Waals surface area contributed by atoms with Crippen LogP contribution in [0.5, 0.6) is 0 Å². The van der Waals surface area contributed by atoms with Crippen molar-refractivity contribution in [2.75, 3.05) is 5.32 Å². The summed E-state index contributed by atoms with van der Waals surface area (Å²) in [5.41, 5.74) is 1.47. The predicted octanol–water partition coefficient (Wildman–Crippen LogP) is 2.80. The number of aromatic carboxylic acids is 1. The molecule has 1 aromatic carbocycles. The smallest absolute Gasteiger partial charge is 0.355 e. The third kappa shape index (κ3) is 4.48. The molecule has 3 N–H and O–H groups in total. The molecule has 1 unspecified atom stereocenters. The molecule has 1 aliphatic rings. The Morgan fingerprint density at radius 1 is 1.27 bits per heavy atom. The lowest BCUT2D eigenvalue weighted by Crippen LogP contribution is -2.48. The standard InChI is InChI=1S/C20H22N4O5S/c1-10(2)8-14(16(25)23-19-21-13(9-30-19)18(27)28)24-17(26)15(22-20(24)29)12-6-4-11(3)5-7-12/h4-7,9-10,14-15H,8H2,1-3H3,(H,22,29)(H,27,28)(H,21,23,25)/t14-,15?/m0/s1. The van der Waals surface area contributed by atoms with Crippen LogP contribution in [0.4, 0.5) is 9.93 Å². The Morgan fingerprint density at radius 2 is 1.93 bits per heavy atom. The summed E-state index contributed by atoms with van der Waals surface area (Å²) < 4.78 is 0. The molecule has 30 heavy (non-hydrogen) atoms. The number of carboxylic acids is 1. The van der Waals surface area contributed by atoms with Crippen LogP contribution in [0, 0.1) is 12.8 Å². The fourth-order valence-electron chi connectivity index (χ4n) is 3.17. The molecule has 1 aliphatic heterocycles. The Hall–Kier alpha value is -3.27. The number of hydrogen-bond acceptors (Lipinski definition) is 6. The second-order valence-electron chi connectivity index (χ2n) is 7.48. The van der Waals surface area contributed by atoms with Crippen LogP contribution in [0.3, 0.4) is 0 Å². The minimum atomic E-state index is -1.21. The number of nitrogens with zero attached hydrogens (tertiary/aromatic N) is 2. The lowest BCUT2D eigenvalue weighted by molar-refractivity contribution is -0.134. The van der Waals surface area contributed by atoms with E-state index in [-0.39, 0.29) is 23.2 Å². The van der Waals surface area contributed by atoms with E-state index in [0.29, 0.717) is 5.56 Å². The lowest BCUT2D eigenvalue weighted by atomic mass is 10.0. The maximum Gasteiger partial charge on any atom is 0.355 e. The van der Waals surface area contributed by atoms with Crippen LogP contribution in [-0.2, 0) is 9.59 Å². The van der Waals surface area contributed by atoms with Crippen LogP contribution < -0.4 is 10.6 Å². The van der Waals surface area contributed by atoms with Crippen LogP contribution in [-0.4, -0.2) is 44.8 Å². The number of carbonyl (C=O) groups excluding carboxylic acids is 3. The van der Waals surface area contributed by atoms with E-state index in [1.54, 1.807) is 12.1 Å². The summed E-state index contributed by atoms with van der Waals surface area (Å²) >= 11 is 0.957. The molecule has 0 spiro atoms. The first-order valence-corrected chi connectivity index (χ1v) is 10.2. The number of amides is 4. The van der Waals surface area contributed by atoms with Gasteiger partial charge in [-0.3, -0.25) is 9.59 Å². The van der Waals surface area contributed by atoms with Gasteiger partial charge in [-0.1, -0.05) is 43.7 Å². The predicted molar refractivity (Wildman–Crippen MR) is 110 cm³/mol. The van der Waals surface area contributed by atoms with Crippen LogP contribution in [0.25, 0.3) is 0 Å². The van der Waals surface area contributed by atoms with Gasteiger partial charge in [-0.05, 0) is 24.8 Å². The molecule has 10 heteroatoms. The quantitative estimate of drug-likeness (QED) is 0.580. The van der Waals surface area contributed by atoms with E-state index in [0.717, 1.165) is 21.8 Å². The van der Waals surface area contributed by atoms with Gasteiger partial charge < -0.3 is 15.7 Å². The van der Waals surface area contributed by atoms with Crippen molar-refractivity contribution < 1.29 is 24.3 Å². The summed E-state index contributed by atoms with van der Waals surface area (Å²) in [5.74, 6) is -2.29. The monoisotopic (exact) mass is 430 g/mol. The van der Waals surface area contributed by atoms with Gasteiger partial charge in [-0.15, -0.1) is 11.3 Å². The lowest BCUT2D eigenvalue weighted by Gasteiger charge is -2.25. The summed E-state index contributed by atoms with van der Waals surface area (Å²) in [4.78, 5) is 54.4. The molecule has 0 radical (unpaired) electrons. The zero-order chi connectivity index (χ0) is 22.0. The van der Waals surface area contributed by atoms with Crippen LogP contribution in [0.2, 0.25) is 0 Å². The van der Waals surface area contributed by atoms with E-state index < -0.39 is 35.9 Å². The number of imide groups is 1. The molecule has 0 aliphatic carbocycles. The average Bonchev–Trinajstić information content (AvgIpc) is 3.25. The molecule has 1 fully saturated rings. The Balaban J connectivity index is 1.83. The van der Waals surface area contributed by atoms with Crippen molar-refractivity contribution in [2.45, 2.75) is 39.3 Å². The number of carbonyl (C=O) groups is 4. The van der Waals surface area contributed by atoms with E-state index in [2.05, 4.69) is 15.6 Å². The van der Waals surface area contributed by atoms with E-state index >= 15 is 0 Å². The van der Waals surface area contributed by atoms with Gasteiger partial charge in [-0.25, -0.2) is 19.5 Å². The molecule has 0 bridgehead atoms. The van der Waals surface area contributed by atoms with Crippen molar-refractivity contribution in [3.05, 3.63) is 46.5 Å². The Morgan fingerprint density at radius 3 is 2.50 bits per heavy atom. The fraction of sp³-hybridized carbons (Fsp3) is 0.350. The van der Waals surface area contributed by atoms with Crippen molar-refractivity contribution in [2.24, 2.45) is 5.92 Å². The topological polar surface area (TPSA) is 129 Å². The molecule has 2 heterocycles. The van der Waals surface area contributed by atoms with Crippen molar-refractivity contribution in [1.82, 2.24) is 15.2 Å². The molecular weight excluding hydrogens is 408 g/mol. The summed E-state index contributed by atoms with van der Waals surface area (Å²) in [7, 11) is 0. The fourth-order valence-corrected chi connectivity index (χ4v) is 3.86. The summed E-state index contributed by atoms with van der Waals surface area (Å²) in [6.45, 7) is 5.67. The van der Waals surface area contributed by atoms with Crippen molar-refractivity contribution in [1.29, 1.82) is 0 Å². The van der Waals surface area contributed by atoms with Crippen molar-refractivity contribution in [3.8, 4) is 0 Å². The van der Waals surface area contributed by atoms with Gasteiger partial charge in [0.1, 0.15) is 12.1 Å². The Kier molecular flexibility index (Phi) is 6.16. The van der Waals surface area contributed by atoms with Crippen molar-refractivity contribution >= 4 is 40.3 Å². The molecule has 1 aromatic heterocycles. The molecule has 1 saturated heterocycles. The van der Waals surface area contributed by atoms with Gasteiger partial charge in [0.15, 0.2) is 10.8 Å². The third-order valence-electron chi connectivity index (χ3n) is 4.64. The second-order valence-corrected chi connectivity index (χ2v) is 8.34. The van der Waals surface area contributed by atoms with Gasteiger partial charge in [0.25, 0.3) is 5.91 Å². The van der Waals surface area contributed by atoms with Crippen molar-refractivity contribution in [3.63, 3.8) is 0 Å². The summed E-state index contributed by atoms with van der Waals surface area (Å²) in [5, 5.41) is 15.6. The Bertz CT molecular complexity index is 985. The van der Waals surface area contributed by atoms with Gasteiger partial charge >= 0.3 is 12.0 Å². The Labute approximate surface area is 177 Å². The minimum Gasteiger partial charge on any atom is -0.476 e. The number of benzene rings is 1. The highest BCUT2D eigenvalue weighted by Gasteiger charge is 2.45. The SMILES string of the molecule is Cc1ccc(C2NC(=O)N([C@@H](CC(C)C)C(=O)Nc3nc(C(=O)O)cs3)C2=O)cc1. The van der Waals surface area contributed by atoms with Crippen LogP contribution >= 0.6 is 11.3 Å². The highest BCUT2D eigenvalue weighted by molar-refractivity contribution is 7.14. The first-order chi connectivity index (χ1) is 14.2. The molecule has 2 aromatic rings. The average molecular weight is 430 g/mol. The number of rotatable bonds is 7. The van der Waals surface area contributed by atoms with E-state index in [1.165, 1.54) is 5.38 Å². The van der Waals surface area contributed by atoms with Crippen LogP contribution in [0.1, 0.15) is 47.9 Å². The van der Waals surface area contributed by atoms with Gasteiger partial charge in [0.2, 0.25) is 5.91 Å². The maximum absolute atomic E-state index is 13.0. The largest absolute Gasteiger partial charge is 0.476 e. The molecule has 158 valence electrons. The zero-order valence-corrected chi connectivity index (χ0v) is 17.5. The van der Waals surface area contributed by atoms with E-state index in [4.69, 9.17) is 5.11 Å². The van der Waals surface area contributed by atoms with Gasteiger partial charge in [-0.2, -0.15) is 0 Å². The van der Waals surface area contributed by atoms with Gasteiger partial charge in [0, 0.05) is 5.38 Å². The first-order valence-electron chi connectivity index (χ1n) is 9.37. The highest BCUT2D eigenvalue weighted by Crippen LogP contribution is 2.27. The number of anilines is 1. The second kappa shape index (κ2) is 8.62. The molecule has 0 saturated carbocycles. The number of thiazole rings is 1. The number of nitrogens with one attached hydrogen (secondary N) is 2. The molecule has 3 rings (SSSR count). The zero-order valence-electron chi connectivity index (χ0n) is 16.7. The number of aromatic nitrogens is 1. The molecular formula is C20H22N4O5S. The van der Waals surface area contributed by atoms with Gasteiger partial charge in [0.05, 0.1) is 0 Å². The number of hydrogen-bond donors (Lipinski definition) is 3. The summed E-state index contributed by atoms with van der Waals surface area (Å²) in [6, 6.07) is 4.67. The highest BCUT2D eigenvalue weighted by atomic mass is 32.1. The molecule has 9 nitrogen and oxygen atoms in total. The van der Waals surface area contributed by atoms with E-state index in [9.17, 15) is 19.2 Å². The summed E-state index contributed by atoms with van der Waals surface area (Å²) in [6.07, 6.45) is 0.253. The van der Waals surface area contributed by atoms with Crippen LogP contribution in [0.15, 0.2) is 29.6 Å². The first kappa shape index (κ1) is 21.4.